The van der Waals surface area contributed by atoms with E-state index in [2.05, 4.69) is 0 Å². The number of rotatable bonds is 2. The molecular formula is C6H5FO6S2. The second-order valence-electron chi connectivity index (χ2n) is 2.54. The van der Waals surface area contributed by atoms with Gasteiger partial charge in [0.25, 0.3) is 20.2 Å². The fourth-order valence-electron chi connectivity index (χ4n) is 0.851. The molecule has 9 heteroatoms. The fraction of sp³-hybridized carbons (Fsp3) is 0. The molecule has 0 atom stereocenters. The summed E-state index contributed by atoms with van der Waals surface area (Å²) in [7, 11) is -9.35. The maximum absolute atomic E-state index is 13.0. The molecule has 0 bridgehead atoms. The van der Waals surface area contributed by atoms with E-state index in [1.54, 1.807) is 0 Å². The fourth-order valence-corrected chi connectivity index (χ4v) is 1.89. The van der Waals surface area contributed by atoms with Gasteiger partial charge in [0.15, 0.2) is 0 Å². The van der Waals surface area contributed by atoms with Gasteiger partial charge in [0, 0.05) is 0 Å². The van der Waals surface area contributed by atoms with Crippen molar-refractivity contribution < 1.29 is 30.3 Å². The van der Waals surface area contributed by atoms with Crippen molar-refractivity contribution in [1.82, 2.24) is 0 Å². The van der Waals surface area contributed by atoms with Crippen LogP contribution in [0.4, 0.5) is 4.39 Å². The third kappa shape index (κ3) is 2.72. The molecule has 1 aromatic rings. The van der Waals surface area contributed by atoms with Crippen LogP contribution >= 0.6 is 0 Å². The van der Waals surface area contributed by atoms with Gasteiger partial charge in [0.05, 0.1) is 4.90 Å². The summed E-state index contributed by atoms with van der Waals surface area (Å²) in [4.78, 5) is -1.86. The first-order chi connectivity index (χ1) is 6.62. The van der Waals surface area contributed by atoms with Crippen molar-refractivity contribution in [3.8, 4) is 0 Å². The number of hydrogen-bond donors (Lipinski definition) is 2. The van der Waals surface area contributed by atoms with Crippen molar-refractivity contribution in [3.05, 3.63) is 24.0 Å². The predicted molar refractivity (Wildman–Crippen MR) is 46.0 cm³/mol. The van der Waals surface area contributed by atoms with E-state index in [4.69, 9.17) is 9.11 Å². The molecule has 0 aromatic heterocycles. The van der Waals surface area contributed by atoms with Crippen molar-refractivity contribution in [2.45, 2.75) is 9.79 Å². The standard InChI is InChI=1S/C6H5FO6S2/c7-5-3-4(14(8,9)10)1-2-6(5)15(11,12)13/h1-3H,(H,8,9,10)(H,11,12,13). The van der Waals surface area contributed by atoms with E-state index in [1.165, 1.54) is 0 Å². The van der Waals surface area contributed by atoms with Gasteiger partial charge in [-0.05, 0) is 18.2 Å². The zero-order valence-corrected chi connectivity index (χ0v) is 8.59. The van der Waals surface area contributed by atoms with Crippen LogP contribution in [0.5, 0.6) is 0 Å². The monoisotopic (exact) mass is 256 g/mol. The summed E-state index contributed by atoms with van der Waals surface area (Å²) in [6, 6.07) is 1.48. The number of halogens is 1. The predicted octanol–water partition coefficient (Wildman–Crippen LogP) is 0.319. The average Bonchev–Trinajstić information content (AvgIpc) is 1.99. The van der Waals surface area contributed by atoms with E-state index >= 15 is 0 Å². The summed E-state index contributed by atoms with van der Waals surface area (Å²) >= 11 is 0. The Kier molecular flexibility index (Phi) is 2.83. The highest BCUT2D eigenvalue weighted by molar-refractivity contribution is 7.86. The molecule has 1 aromatic carbocycles. The maximum atomic E-state index is 13.0. The van der Waals surface area contributed by atoms with E-state index in [1.807, 2.05) is 0 Å². The van der Waals surface area contributed by atoms with E-state index in [-0.39, 0.29) is 0 Å². The maximum Gasteiger partial charge on any atom is 0.297 e. The first kappa shape index (κ1) is 12.0. The van der Waals surface area contributed by atoms with E-state index in [0.717, 1.165) is 0 Å². The third-order valence-electron chi connectivity index (χ3n) is 1.48. The molecule has 0 aliphatic rings. The highest BCUT2D eigenvalue weighted by Gasteiger charge is 2.19. The van der Waals surface area contributed by atoms with E-state index < -0.39 is 35.8 Å². The third-order valence-corrected chi connectivity index (χ3v) is 3.22. The average molecular weight is 256 g/mol. The summed E-state index contributed by atoms with van der Waals surface area (Å²) < 4.78 is 72.0. The second kappa shape index (κ2) is 3.52. The zero-order valence-electron chi connectivity index (χ0n) is 6.95. The van der Waals surface area contributed by atoms with Crippen molar-refractivity contribution in [3.63, 3.8) is 0 Å². The van der Waals surface area contributed by atoms with Gasteiger partial charge in [0.2, 0.25) is 0 Å². The summed E-state index contributed by atoms with van der Waals surface area (Å²) in [6.45, 7) is 0. The Morgan fingerprint density at radius 3 is 1.87 bits per heavy atom. The molecule has 0 radical (unpaired) electrons. The quantitative estimate of drug-likeness (QED) is 0.737. The lowest BCUT2D eigenvalue weighted by Gasteiger charge is -2.01. The van der Waals surface area contributed by atoms with Crippen LogP contribution < -0.4 is 0 Å². The first-order valence-corrected chi connectivity index (χ1v) is 6.25. The van der Waals surface area contributed by atoms with Crippen LogP contribution in [-0.2, 0) is 20.2 Å². The Labute approximate surface area is 84.9 Å². The SMILES string of the molecule is O=S(=O)(O)c1ccc(S(=O)(=O)O)c(F)c1. The summed E-state index contributed by atoms with van der Waals surface area (Å²) in [5.41, 5.74) is 0. The Morgan fingerprint density at radius 2 is 1.53 bits per heavy atom. The van der Waals surface area contributed by atoms with Gasteiger partial charge >= 0.3 is 0 Å². The minimum Gasteiger partial charge on any atom is -0.282 e. The molecule has 84 valence electrons. The molecule has 0 saturated carbocycles. The molecule has 0 unspecified atom stereocenters. The Bertz CT molecular complexity index is 588. The van der Waals surface area contributed by atoms with Crippen molar-refractivity contribution >= 4 is 20.2 Å². The Balaban J connectivity index is 3.47. The van der Waals surface area contributed by atoms with Gasteiger partial charge in [-0.2, -0.15) is 16.8 Å². The highest BCUT2D eigenvalue weighted by atomic mass is 32.2. The van der Waals surface area contributed by atoms with Gasteiger partial charge < -0.3 is 0 Å². The molecule has 6 nitrogen and oxygen atoms in total. The molecule has 0 spiro atoms. The van der Waals surface area contributed by atoms with Crippen molar-refractivity contribution in [2.24, 2.45) is 0 Å². The van der Waals surface area contributed by atoms with Crippen molar-refractivity contribution in [2.75, 3.05) is 0 Å². The van der Waals surface area contributed by atoms with Crippen LogP contribution in [0.25, 0.3) is 0 Å². The van der Waals surface area contributed by atoms with Gasteiger partial charge in [0.1, 0.15) is 10.7 Å². The van der Waals surface area contributed by atoms with Crippen LogP contribution in [0.3, 0.4) is 0 Å². The molecule has 0 saturated heterocycles. The van der Waals surface area contributed by atoms with Crippen LogP contribution in [0, 0.1) is 5.82 Å². The Hall–Kier alpha value is -1.03. The lowest BCUT2D eigenvalue weighted by atomic mass is 10.3. The molecule has 0 fully saturated rings. The van der Waals surface area contributed by atoms with Crippen LogP contribution in [-0.4, -0.2) is 25.9 Å². The summed E-state index contributed by atoms with van der Waals surface area (Å²) in [5, 5.41) is 0. The highest BCUT2D eigenvalue weighted by Crippen LogP contribution is 2.18. The van der Waals surface area contributed by atoms with E-state index in [9.17, 15) is 21.2 Å². The first-order valence-electron chi connectivity index (χ1n) is 3.37. The van der Waals surface area contributed by atoms with Crippen LogP contribution in [0.15, 0.2) is 28.0 Å². The lowest BCUT2D eigenvalue weighted by Crippen LogP contribution is -2.04. The lowest BCUT2D eigenvalue weighted by molar-refractivity contribution is 0.468. The largest absolute Gasteiger partial charge is 0.297 e. The molecule has 2 N–H and O–H groups in total. The second-order valence-corrected chi connectivity index (χ2v) is 5.35. The number of benzene rings is 1. The molecule has 0 heterocycles. The normalized spacial score (nSPS) is 12.7. The minimum absolute atomic E-state index is 0.290. The van der Waals surface area contributed by atoms with Crippen molar-refractivity contribution in [1.29, 1.82) is 0 Å². The zero-order chi connectivity index (χ0) is 11.9. The Morgan fingerprint density at radius 1 is 1.00 bits per heavy atom. The van der Waals surface area contributed by atoms with E-state index in [0.29, 0.717) is 18.2 Å². The summed E-state index contributed by atoms with van der Waals surface area (Å²) in [6.07, 6.45) is 0. The molecule has 0 aliphatic heterocycles. The molecule has 1 rings (SSSR count). The molecular weight excluding hydrogens is 251 g/mol. The van der Waals surface area contributed by atoms with Gasteiger partial charge in [-0.15, -0.1) is 0 Å². The topological polar surface area (TPSA) is 109 Å². The molecule has 15 heavy (non-hydrogen) atoms. The van der Waals surface area contributed by atoms with Gasteiger partial charge in [-0.3, -0.25) is 9.11 Å². The molecule has 0 aliphatic carbocycles. The van der Waals surface area contributed by atoms with Gasteiger partial charge in [-0.1, -0.05) is 0 Å². The minimum atomic E-state index is -4.75. The van der Waals surface area contributed by atoms with Crippen LogP contribution in [0.2, 0.25) is 0 Å². The van der Waals surface area contributed by atoms with Gasteiger partial charge in [-0.25, -0.2) is 4.39 Å². The number of hydrogen-bond acceptors (Lipinski definition) is 4. The summed E-state index contributed by atoms with van der Waals surface area (Å²) in [5.74, 6) is -1.47. The smallest absolute Gasteiger partial charge is 0.282 e. The molecule has 0 amide bonds. The van der Waals surface area contributed by atoms with Crippen LogP contribution in [0.1, 0.15) is 0 Å².